The third-order valence-electron chi connectivity index (χ3n) is 2.71. The minimum atomic E-state index is -0.834. The average Bonchev–Trinajstić information content (AvgIpc) is 2.31. The highest BCUT2D eigenvalue weighted by molar-refractivity contribution is 5.96. The van der Waals surface area contributed by atoms with Crippen LogP contribution in [0.1, 0.15) is 31.9 Å². The molecule has 4 nitrogen and oxygen atoms in total. The summed E-state index contributed by atoms with van der Waals surface area (Å²) in [4.78, 5) is 23.4. The van der Waals surface area contributed by atoms with E-state index in [2.05, 4.69) is 5.32 Å². The molecule has 0 aliphatic heterocycles. The minimum Gasteiger partial charge on any atom is -0.449 e. The van der Waals surface area contributed by atoms with Crippen molar-refractivity contribution in [3.8, 4) is 0 Å². The van der Waals surface area contributed by atoms with Gasteiger partial charge < -0.3 is 10.1 Å². The molecule has 0 spiro atoms. The summed E-state index contributed by atoms with van der Waals surface area (Å²) in [6.45, 7) is 9.05. The Hall–Kier alpha value is -2.10. The summed E-state index contributed by atoms with van der Waals surface area (Å²) >= 11 is 0. The summed E-state index contributed by atoms with van der Waals surface area (Å²) in [7, 11) is 0. The number of esters is 1. The molecular weight excluding hydrogens is 254 g/mol. The highest BCUT2D eigenvalue weighted by Crippen LogP contribution is 2.16. The topological polar surface area (TPSA) is 55.4 Å². The Kier molecular flexibility index (Phi) is 5.50. The fourth-order valence-corrected chi connectivity index (χ4v) is 1.69. The van der Waals surface area contributed by atoms with Gasteiger partial charge in [0.05, 0.1) is 0 Å². The zero-order chi connectivity index (χ0) is 15.3. The van der Waals surface area contributed by atoms with E-state index in [-0.39, 0.29) is 5.91 Å². The predicted octanol–water partition coefficient (Wildman–Crippen LogP) is 3.14. The van der Waals surface area contributed by atoms with Crippen molar-refractivity contribution in [1.29, 1.82) is 0 Å². The molecule has 108 valence electrons. The van der Waals surface area contributed by atoms with Crippen LogP contribution in [-0.4, -0.2) is 18.0 Å². The molecule has 0 aromatic heterocycles. The van der Waals surface area contributed by atoms with Gasteiger partial charge >= 0.3 is 5.97 Å². The van der Waals surface area contributed by atoms with Gasteiger partial charge in [-0.1, -0.05) is 23.3 Å². The van der Waals surface area contributed by atoms with E-state index in [9.17, 15) is 9.59 Å². The molecule has 0 bridgehead atoms. The van der Waals surface area contributed by atoms with E-state index in [1.54, 1.807) is 20.8 Å². The number of rotatable bonds is 4. The van der Waals surface area contributed by atoms with Gasteiger partial charge in [-0.2, -0.15) is 0 Å². The largest absolute Gasteiger partial charge is 0.449 e. The van der Waals surface area contributed by atoms with Crippen molar-refractivity contribution in [2.45, 2.75) is 40.7 Å². The molecule has 1 unspecified atom stereocenters. The number of carbonyl (C=O) groups excluding carboxylic acids is 2. The molecule has 1 aromatic carbocycles. The van der Waals surface area contributed by atoms with Crippen molar-refractivity contribution in [2.24, 2.45) is 0 Å². The van der Waals surface area contributed by atoms with Crippen molar-refractivity contribution in [3.05, 3.63) is 41.0 Å². The first-order chi connectivity index (χ1) is 9.29. The maximum absolute atomic E-state index is 12.0. The Balaban J connectivity index is 2.66. The van der Waals surface area contributed by atoms with Crippen LogP contribution >= 0.6 is 0 Å². The molecule has 1 rings (SSSR count). The number of amides is 1. The van der Waals surface area contributed by atoms with Gasteiger partial charge in [0.1, 0.15) is 0 Å². The van der Waals surface area contributed by atoms with E-state index < -0.39 is 12.1 Å². The van der Waals surface area contributed by atoms with Crippen LogP contribution in [0.3, 0.4) is 0 Å². The van der Waals surface area contributed by atoms with Crippen LogP contribution in [0.15, 0.2) is 29.8 Å². The zero-order valence-corrected chi connectivity index (χ0v) is 12.6. The molecule has 0 aliphatic rings. The molecule has 0 fully saturated rings. The summed E-state index contributed by atoms with van der Waals surface area (Å²) in [6.07, 6.45) is 0.528. The second-order valence-electron chi connectivity index (χ2n) is 5.11. The third kappa shape index (κ3) is 4.88. The second-order valence-corrected chi connectivity index (χ2v) is 5.11. The Morgan fingerprint density at radius 2 is 1.90 bits per heavy atom. The van der Waals surface area contributed by atoms with E-state index in [0.29, 0.717) is 0 Å². The van der Waals surface area contributed by atoms with Crippen LogP contribution < -0.4 is 5.32 Å². The quantitative estimate of drug-likeness (QED) is 0.678. The summed E-state index contributed by atoms with van der Waals surface area (Å²) in [6, 6.07) is 5.74. The number of benzene rings is 1. The van der Waals surface area contributed by atoms with Gasteiger partial charge in [-0.25, -0.2) is 4.79 Å². The van der Waals surface area contributed by atoms with Crippen molar-refractivity contribution >= 4 is 17.6 Å². The van der Waals surface area contributed by atoms with Crippen molar-refractivity contribution in [1.82, 2.24) is 0 Å². The highest BCUT2D eigenvalue weighted by Gasteiger charge is 2.17. The standard InChI is InChI=1S/C16H21NO3/c1-10(2)8-15(18)20-13(5)16(19)17-14-7-6-11(3)9-12(14)4/h6-9,13H,1-5H3,(H,17,19). The fourth-order valence-electron chi connectivity index (χ4n) is 1.69. The lowest BCUT2D eigenvalue weighted by Crippen LogP contribution is -2.29. The summed E-state index contributed by atoms with van der Waals surface area (Å²) in [5, 5.41) is 2.76. The van der Waals surface area contributed by atoms with Crippen LogP contribution in [0.25, 0.3) is 0 Å². The number of hydrogen-bond acceptors (Lipinski definition) is 3. The number of aryl methyl sites for hydroxylation is 2. The highest BCUT2D eigenvalue weighted by atomic mass is 16.5. The fraction of sp³-hybridized carbons (Fsp3) is 0.375. The molecule has 0 saturated carbocycles. The molecule has 4 heteroatoms. The van der Waals surface area contributed by atoms with Crippen LogP contribution in [-0.2, 0) is 14.3 Å². The zero-order valence-electron chi connectivity index (χ0n) is 12.6. The number of nitrogens with one attached hydrogen (secondary N) is 1. The second kappa shape index (κ2) is 6.89. The van der Waals surface area contributed by atoms with Crippen molar-refractivity contribution in [2.75, 3.05) is 5.32 Å². The van der Waals surface area contributed by atoms with Crippen LogP contribution in [0.2, 0.25) is 0 Å². The first-order valence-electron chi connectivity index (χ1n) is 6.53. The number of anilines is 1. The third-order valence-corrected chi connectivity index (χ3v) is 2.71. The molecular formula is C16H21NO3. The van der Waals surface area contributed by atoms with Gasteiger partial charge in [0, 0.05) is 11.8 Å². The lowest BCUT2D eigenvalue weighted by molar-refractivity contribution is -0.148. The summed E-state index contributed by atoms with van der Waals surface area (Å²) < 4.78 is 5.03. The Morgan fingerprint density at radius 3 is 2.45 bits per heavy atom. The molecule has 20 heavy (non-hydrogen) atoms. The van der Waals surface area contributed by atoms with E-state index in [1.165, 1.54) is 6.08 Å². The molecule has 0 radical (unpaired) electrons. The van der Waals surface area contributed by atoms with E-state index >= 15 is 0 Å². The van der Waals surface area contributed by atoms with Gasteiger partial charge in [0.15, 0.2) is 6.10 Å². The number of carbonyl (C=O) groups is 2. The molecule has 1 atom stereocenters. The van der Waals surface area contributed by atoms with Gasteiger partial charge in [0.2, 0.25) is 0 Å². The Bertz CT molecular complexity index is 543. The number of allylic oxidation sites excluding steroid dienone is 1. The minimum absolute atomic E-state index is 0.340. The monoisotopic (exact) mass is 275 g/mol. The molecule has 0 aliphatic carbocycles. The van der Waals surface area contributed by atoms with Gasteiger partial charge in [-0.3, -0.25) is 4.79 Å². The Morgan fingerprint density at radius 1 is 1.25 bits per heavy atom. The molecule has 1 amide bonds. The van der Waals surface area contributed by atoms with E-state index in [0.717, 1.165) is 22.4 Å². The first-order valence-corrected chi connectivity index (χ1v) is 6.53. The molecule has 1 N–H and O–H groups in total. The van der Waals surface area contributed by atoms with Crippen LogP contribution in [0, 0.1) is 13.8 Å². The molecule has 1 aromatic rings. The lowest BCUT2D eigenvalue weighted by atomic mass is 10.1. The molecule has 0 heterocycles. The normalized spacial score (nSPS) is 11.4. The van der Waals surface area contributed by atoms with Crippen LogP contribution in [0.4, 0.5) is 5.69 Å². The predicted molar refractivity (Wildman–Crippen MR) is 79.5 cm³/mol. The SMILES string of the molecule is CC(C)=CC(=O)OC(C)C(=O)Nc1ccc(C)cc1C. The maximum Gasteiger partial charge on any atom is 0.331 e. The number of ether oxygens (including phenoxy) is 1. The van der Waals surface area contributed by atoms with Crippen molar-refractivity contribution < 1.29 is 14.3 Å². The van der Waals surface area contributed by atoms with Crippen molar-refractivity contribution in [3.63, 3.8) is 0 Å². The summed E-state index contributed by atoms with van der Waals surface area (Å²) in [5.74, 6) is -0.847. The number of hydrogen-bond donors (Lipinski definition) is 1. The molecule has 0 saturated heterocycles. The van der Waals surface area contributed by atoms with Gasteiger partial charge in [0.25, 0.3) is 5.91 Å². The Labute approximate surface area is 119 Å². The van der Waals surface area contributed by atoms with E-state index in [1.807, 2.05) is 32.0 Å². The summed E-state index contributed by atoms with van der Waals surface area (Å²) in [5.41, 5.74) is 3.66. The lowest BCUT2D eigenvalue weighted by Gasteiger charge is -2.14. The smallest absolute Gasteiger partial charge is 0.331 e. The first kappa shape index (κ1) is 16.0. The maximum atomic E-state index is 12.0. The van der Waals surface area contributed by atoms with E-state index in [4.69, 9.17) is 4.74 Å². The van der Waals surface area contributed by atoms with Gasteiger partial charge in [-0.05, 0) is 46.2 Å². The average molecular weight is 275 g/mol. The van der Waals surface area contributed by atoms with Crippen LogP contribution in [0.5, 0.6) is 0 Å². The van der Waals surface area contributed by atoms with Gasteiger partial charge in [-0.15, -0.1) is 0 Å².